The normalized spacial score (nSPS) is 20.6. The summed E-state index contributed by atoms with van der Waals surface area (Å²) in [7, 11) is 0. The van der Waals surface area contributed by atoms with Crippen molar-refractivity contribution in [2.75, 3.05) is 18.5 Å². The Morgan fingerprint density at radius 1 is 1.37 bits per heavy atom. The van der Waals surface area contributed by atoms with Gasteiger partial charge in [0.25, 0.3) is 5.56 Å². The first-order valence-electron chi connectivity index (χ1n) is 11.0. The minimum absolute atomic E-state index is 0.0272. The standard InChI is InChI=1S/C22H21BrF3N5O3S/c1-10-8-14(18(32)28-19-11(2)13(9-35-19)22(24,25)26)30-16(10)15(23)20(33)31-21(30)27-17(29-31)12-4-3-6-34-7-5-12/h5,9-10,14H,3-4,6-8H2,1-2H3,(H,28,32). The van der Waals surface area contributed by atoms with Crippen molar-refractivity contribution < 1.29 is 22.7 Å². The number of fused-ring (bicyclic) bond motifs is 3. The van der Waals surface area contributed by atoms with E-state index in [0.29, 0.717) is 37.6 Å². The van der Waals surface area contributed by atoms with Crippen LogP contribution in [0.3, 0.4) is 0 Å². The van der Waals surface area contributed by atoms with Crippen molar-refractivity contribution in [1.29, 1.82) is 0 Å². The van der Waals surface area contributed by atoms with Crippen LogP contribution >= 0.6 is 27.3 Å². The van der Waals surface area contributed by atoms with E-state index in [9.17, 15) is 22.8 Å². The van der Waals surface area contributed by atoms with Crippen LogP contribution in [0.5, 0.6) is 0 Å². The number of carbonyl (C=O) groups excluding carboxylic acids is 1. The van der Waals surface area contributed by atoms with Gasteiger partial charge in [0.1, 0.15) is 10.5 Å². The van der Waals surface area contributed by atoms with Crippen LogP contribution in [0.15, 0.2) is 20.7 Å². The molecule has 0 aromatic carbocycles. The molecule has 5 heterocycles. The van der Waals surface area contributed by atoms with E-state index in [1.807, 2.05) is 13.0 Å². The van der Waals surface area contributed by atoms with Crippen LogP contribution in [0.1, 0.15) is 60.8 Å². The molecule has 2 aliphatic heterocycles. The third-order valence-corrected chi connectivity index (χ3v) is 8.12. The minimum atomic E-state index is -4.50. The molecule has 2 aliphatic rings. The average molecular weight is 572 g/mol. The van der Waals surface area contributed by atoms with Crippen LogP contribution in [0.2, 0.25) is 0 Å². The first-order valence-corrected chi connectivity index (χ1v) is 12.7. The predicted molar refractivity (Wildman–Crippen MR) is 128 cm³/mol. The number of amides is 1. The lowest BCUT2D eigenvalue weighted by Crippen LogP contribution is -2.28. The highest BCUT2D eigenvalue weighted by Crippen LogP contribution is 2.42. The van der Waals surface area contributed by atoms with E-state index >= 15 is 0 Å². The molecular formula is C22H21BrF3N5O3S. The maximum absolute atomic E-state index is 13.3. The Kier molecular flexibility index (Phi) is 6.12. The molecule has 0 radical (unpaired) electrons. The van der Waals surface area contributed by atoms with Gasteiger partial charge in [-0.15, -0.1) is 16.4 Å². The van der Waals surface area contributed by atoms with E-state index in [-0.39, 0.29) is 32.3 Å². The summed E-state index contributed by atoms with van der Waals surface area (Å²) in [5.41, 5.74) is 0.290. The highest BCUT2D eigenvalue weighted by molar-refractivity contribution is 9.10. The van der Waals surface area contributed by atoms with Gasteiger partial charge in [-0.25, -0.2) is 0 Å². The fraction of sp³-hybridized carbons (Fsp3) is 0.455. The molecule has 0 saturated carbocycles. The number of ether oxygens (including phenoxy) is 1. The topological polar surface area (TPSA) is 90.5 Å². The molecule has 5 rings (SSSR count). The van der Waals surface area contributed by atoms with Crippen molar-refractivity contribution in [3.63, 3.8) is 0 Å². The molecule has 8 nitrogen and oxygen atoms in total. The number of aromatic nitrogens is 4. The zero-order valence-corrected chi connectivity index (χ0v) is 21.2. The van der Waals surface area contributed by atoms with Gasteiger partial charge in [-0.05, 0) is 53.3 Å². The second-order valence-corrected chi connectivity index (χ2v) is 10.3. The summed E-state index contributed by atoms with van der Waals surface area (Å²) in [6.45, 7) is 4.27. The van der Waals surface area contributed by atoms with Crippen molar-refractivity contribution in [1.82, 2.24) is 19.2 Å². The molecule has 2 atom stereocenters. The lowest BCUT2D eigenvalue weighted by Gasteiger charge is -2.16. The molecule has 1 amide bonds. The number of carbonyl (C=O) groups is 1. The van der Waals surface area contributed by atoms with Crippen molar-refractivity contribution in [3.05, 3.63) is 48.9 Å². The molecule has 0 spiro atoms. The summed E-state index contributed by atoms with van der Waals surface area (Å²) in [6, 6.07) is -0.779. The molecular weight excluding hydrogens is 551 g/mol. The van der Waals surface area contributed by atoms with Crippen LogP contribution in [0.4, 0.5) is 18.2 Å². The van der Waals surface area contributed by atoms with E-state index in [4.69, 9.17) is 4.74 Å². The highest BCUT2D eigenvalue weighted by atomic mass is 79.9. The number of thiophene rings is 1. The van der Waals surface area contributed by atoms with Gasteiger partial charge in [-0.3, -0.25) is 14.2 Å². The maximum atomic E-state index is 13.3. The molecule has 13 heteroatoms. The molecule has 0 saturated heterocycles. The van der Waals surface area contributed by atoms with Crippen molar-refractivity contribution in [3.8, 4) is 0 Å². The number of allylic oxidation sites excluding steroid dienone is 1. The smallest absolute Gasteiger partial charge is 0.377 e. The summed E-state index contributed by atoms with van der Waals surface area (Å²) in [5.74, 6) is -0.0299. The Morgan fingerprint density at radius 2 is 2.14 bits per heavy atom. The van der Waals surface area contributed by atoms with Gasteiger partial charge in [0.05, 0.1) is 17.2 Å². The number of nitrogens with zero attached hydrogens (tertiary/aromatic N) is 4. The van der Waals surface area contributed by atoms with E-state index < -0.39 is 23.7 Å². The van der Waals surface area contributed by atoms with Gasteiger partial charge in [-0.1, -0.05) is 13.0 Å². The van der Waals surface area contributed by atoms with E-state index in [0.717, 1.165) is 28.7 Å². The van der Waals surface area contributed by atoms with Crippen LogP contribution in [0, 0.1) is 6.92 Å². The third kappa shape index (κ3) is 4.12. The Labute approximate surface area is 209 Å². The quantitative estimate of drug-likeness (QED) is 0.481. The number of hydrogen-bond donors (Lipinski definition) is 1. The first kappa shape index (κ1) is 24.2. The molecule has 35 heavy (non-hydrogen) atoms. The molecule has 0 fully saturated rings. The molecule has 2 unspecified atom stereocenters. The van der Waals surface area contributed by atoms with Gasteiger partial charge in [0, 0.05) is 23.6 Å². The first-order chi connectivity index (χ1) is 16.6. The second kappa shape index (κ2) is 8.86. The molecule has 0 aliphatic carbocycles. The molecule has 3 aromatic heterocycles. The lowest BCUT2D eigenvalue weighted by atomic mass is 10.0. The molecule has 0 bridgehead atoms. The molecule has 3 aromatic rings. The maximum Gasteiger partial charge on any atom is 0.417 e. The summed E-state index contributed by atoms with van der Waals surface area (Å²) < 4.78 is 48.2. The van der Waals surface area contributed by atoms with E-state index in [2.05, 4.69) is 31.3 Å². The van der Waals surface area contributed by atoms with Gasteiger partial charge in [0.2, 0.25) is 11.7 Å². The zero-order valence-electron chi connectivity index (χ0n) is 18.8. The lowest BCUT2D eigenvalue weighted by molar-refractivity contribution is -0.137. The average Bonchev–Trinajstić information content (AvgIpc) is 3.41. The fourth-order valence-corrected chi connectivity index (χ4v) is 6.35. The zero-order chi connectivity index (χ0) is 25.1. The van der Waals surface area contributed by atoms with Crippen LogP contribution in [-0.2, 0) is 15.7 Å². The summed E-state index contributed by atoms with van der Waals surface area (Å²) in [6.07, 6.45) is -0.763. The minimum Gasteiger partial charge on any atom is -0.377 e. The van der Waals surface area contributed by atoms with Crippen molar-refractivity contribution in [2.45, 2.75) is 51.2 Å². The van der Waals surface area contributed by atoms with Crippen LogP contribution < -0.4 is 10.9 Å². The number of hydrogen-bond acceptors (Lipinski definition) is 6. The number of rotatable bonds is 3. The monoisotopic (exact) mass is 571 g/mol. The predicted octanol–water partition coefficient (Wildman–Crippen LogP) is 4.92. The van der Waals surface area contributed by atoms with Crippen LogP contribution in [-0.4, -0.2) is 38.3 Å². The van der Waals surface area contributed by atoms with Crippen LogP contribution in [0.25, 0.3) is 11.4 Å². The van der Waals surface area contributed by atoms with Gasteiger partial charge >= 0.3 is 6.18 Å². The summed E-state index contributed by atoms with van der Waals surface area (Å²) in [5, 5.41) is 8.23. The number of anilines is 1. The number of nitrogens with one attached hydrogen (secondary N) is 1. The van der Waals surface area contributed by atoms with Gasteiger partial charge < -0.3 is 10.1 Å². The highest BCUT2D eigenvalue weighted by Gasteiger charge is 2.39. The van der Waals surface area contributed by atoms with E-state index in [1.54, 1.807) is 4.57 Å². The second-order valence-electron chi connectivity index (χ2n) is 8.67. The van der Waals surface area contributed by atoms with E-state index in [1.165, 1.54) is 11.4 Å². The number of halogens is 4. The Hall–Kier alpha value is -2.51. The summed E-state index contributed by atoms with van der Waals surface area (Å²) in [4.78, 5) is 31.0. The molecule has 186 valence electrons. The fourth-order valence-electron chi connectivity index (χ4n) is 4.61. The third-order valence-electron chi connectivity index (χ3n) is 6.38. The largest absolute Gasteiger partial charge is 0.417 e. The molecule has 1 N–H and O–H groups in total. The number of alkyl halides is 3. The van der Waals surface area contributed by atoms with Crippen molar-refractivity contribution >= 4 is 49.5 Å². The Bertz CT molecular complexity index is 1420. The SMILES string of the molecule is Cc1c(C(F)(F)F)csc1NC(=O)C1CC(C)c2c(Br)c(=O)n3nc(C4=CCOCCC4)nc3n21. The van der Waals surface area contributed by atoms with Gasteiger partial charge in [0.15, 0.2) is 5.82 Å². The Morgan fingerprint density at radius 3 is 2.86 bits per heavy atom. The summed E-state index contributed by atoms with van der Waals surface area (Å²) >= 11 is 4.21. The Balaban J connectivity index is 1.57. The van der Waals surface area contributed by atoms with Gasteiger partial charge in [-0.2, -0.15) is 22.7 Å². The van der Waals surface area contributed by atoms with Crippen molar-refractivity contribution in [2.24, 2.45) is 0 Å².